The summed E-state index contributed by atoms with van der Waals surface area (Å²) < 4.78 is 16.0. The van der Waals surface area contributed by atoms with Crippen LogP contribution in [0.4, 0.5) is 0 Å². The van der Waals surface area contributed by atoms with Gasteiger partial charge in [0.15, 0.2) is 0 Å². The maximum absolute atomic E-state index is 9.22. The maximum atomic E-state index is 9.22. The van der Waals surface area contributed by atoms with Crippen molar-refractivity contribution in [1.29, 1.82) is 0 Å². The number of hydrogen-bond donors (Lipinski definition) is 6. The Hall–Kier alpha value is -0.360. The lowest BCUT2D eigenvalue weighted by atomic mass is 9.89. The molecule has 380 valence electrons. The molecule has 0 aliphatic rings. The molecule has 0 aromatic heterocycles. The van der Waals surface area contributed by atoms with E-state index < -0.39 is 0 Å². The molecule has 0 rings (SSSR count). The largest absolute Gasteiger partial charge is 0.393 e. The minimum atomic E-state index is -0.306. The zero-order valence-corrected chi connectivity index (χ0v) is 45.0. The number of ether oxygens (including phenoxy) is 3. The third kappa shape index (κ3) is 87.3. The average Bonchev–Trinajstić information content (AvgIpc) is 3.11. The van der Waals surface area contributed by atoms with Crippen LogP contribution in [0.3, 0.4) is 0 Å². The number of hydrogen-bond acceptors (Lipinski definition) is 9. The van der Waals surface area contributed by atoms with Crippen molar-refractivity contribution in [3.63, 3.8) is 0 Å². The van der Waals surface area contributed by atoms with E-state index in [1.165, 1.54) is 0 Å². The van der Waals surface area contributed by atoms with Crippen molar-refractivity contribution in [3.8, 4) is 0 Å². The van der Waals surface area contributed by atoms with E-state index in [0.717, 1.165) is 77.0 Å². The second-order valence-corrected chi connectivity index (χ2v) is 22.9. The van der Waals surface area contributed by atoms with Gasteiger partial charge in [-0.3, -0.25) is 0 Å². The third-order valence-corrected chi connectivity index (χ3v) is 8.64. The van der Waals surface area contributed by atoms with E-state index >= 15 is 0 Å². The third-order valence-electron chi connectivity index (χ3n) is 8.64. The summed E-state index contributed by atoms with van der Waals surface area (Å²) in [4.78, 5) is 0. The molecule has 0 fully saturated rings. The van der Waals surface area contributed by atoms with E-state index in [-0.39, 0.29) is 60.9 Å². The van der Waals surface area contributed by atoms with Crippen LogP contribution in [0.1, 0.15) is 251 Å². The normalized spacial score (nSPS) is 15.0. The molecule has 9 heteroatoms. The van der Waals surface area contributed by atoms with Gasteiger partial charge in [0.25, 0.3) is 0 Å². The maximum Gasteiger partial charge on any atom is 0.0771 e. The topological polar surface area (TPSA) is 149 Å². The molecule has 0 aliphatic heterocycles. The fourth-order valence-electron chi connectivity index (χ4n) is 3.80. The van der Waals surface area contributed by atoms with E-state index in [1.807, 2.05) is 104 Å². The molecule has 61 heavy (non-hydrogen) atoms. The van der Waals surface area contributed by atoms with Gasteiger partial charge in [0.2, 0.25) is 0 Å². The van der Waals surface area contributed by atoms with Crippen LogP contribution in [-0.2, 0) is 14.2 Å². The van der Waals surface area contributed by atoms with Crippen LogP contribution in [0, 0.1) is 16.2 Å². The Morgan fingerprint density at radius 3 is 0.541 bits per heavy atom. The highest BCUT2D eigenvalue weighted by molar-refractivity contribution is 4.67. The Morgan fingerprint density at radius 1 is 0.295 bits per heavy atom. The van der Waals surface area contributed by atoms with Crippen molar-refractivity contribution < 1.29 is 44.8 Å². The van der Waals surface area contributed by atoms with Gasteiger partial charge in [-0.2, -0.15) is 0 Å². The lowest BCUT2D eigenvalue weighted by Gasteiger charge is -2.21. The highest BCUT2D eigenvalue weighted by atomic mass is 16.5. The Labute approximate surface area is 383 Å². The van der Waals surface area contributed by atoms with Crippen molar-refractivity contribution in [2.45, 2.75) is 304 Å². The van der Waals surface area contributed by atoms with Gasteiger partial charge in [-0.1, -0.05) is 111 Å². The molecule has 9 nitrogen and oxygen atoms in total. The lowest BCUT2D eigenvalue weighted by molar-refractivity contribution is -0.0493. The van der Waals surface area contributed by atoms with E-state index in [9.17, 15) is 15.3 Å². The highest BCUT2D eigenvalue weighted by Gasteiger charge is 2.15. The summed E-state index contributed by atoms with van der Waals surface area (Å²) in [5.41, 5.74) is 0.727. The zero-order valence-electron chi connectivity index (χ0n) is 45.0. The molecular weight excluding hydrogens is 769 g/mol. The highest BCUT2D eigenvalue weighted by Crippen LogP contribution is 2.23. The predicted octanol–water partition coefficient (Wildman–Crippen LogP) is 13.1. The molecule has 0 heterocycles. The van der Waals surface area contributed by atoms with Crippen molar-refractivity contribution in [2.75, 3.05) is 19.8 Å². The van der Waals surface area contributed by atoms with Gasteiger partial charge in [-0.25, -0.2) is 0 Å². The van der Waals surface area contributed by atoms with Gasteiger partial charge in [0.1, 0.15) is 0 Å². The Kier molecular flexibility index (Phi) is 49.1. The van der Waals surface area contributed by atoms with Gasteiger partial charge >= 0.3 is 0 Å². The molecule has 0 spiro atoms. The number of aliphatic hydroxyl groups excluding tert-OH is 6. The number of rotatable bonds is 18. The molecule has 2 unspecified atom stereocenters. The summed E-state index contributed by atoms with van der Waals surface area (Å²) in [6.07, 6.45) is 9.94. The molecule has 6 atom stereocenters. The van der Waals surface area contributed by atoms with Crippen molar-refractivity contribution in [2.24, 2.45) is 16.2 Å². The fourth-order valence-corrected chi connectivity index (χ4v) is 3.80. The van der Waals surface area contributed by atoms with Crippen molar-refractivity contribution in [1.82, 2.24) is 0 Å². The summed E-state index contributed by atoms with van der Waals surface area (Å²) in [6, 6.07) is 0. The van der Waals surface area contributed by atoms with Gasteiger partial charge in [-0.15, -0.1) is 0 Å². The summed E-state index contributed by atoms with van der Waals surface area (Å²) in [5, 5.41) is 55.0. The summed E-state index contributed by atoms with van der Waals surface area (Å²) in [5.74, 6) is 0. The minimum Gasteiger partial charge on any atom is -0.393 e. The van der Waals surface area contributed by atoms with Crippen LogP contribution in [0.5, 0.6) is 0 Å². The first kappa shape index (κ1) is 75.0. The SMILES string of the molecule is C.CCC(O)CCC(C)(C)C.CCC(O)COC(C)(C)C.CC[C@@H](O)CCC(C)(C)C.CC[C@@H](O)COC(C)(C)C.CC[C@H](O)CCC(C)(C)C.CC[C@H](O)COC(C)(C)C. The van der Waals surface area contributed by atoms with Crippen LogP contribution in [0.2, 0.25) is 0 Å². The van der Waals surface area contributed by atoms with Crippen LogP contribution in [-0.4, -0.2) is 104 Å². The fraction of sp³-hybridized carbons (Fsp3) is 1.00. The Balaban J connectivity index is -0.000000114. The standard InChI is InChI=1S/3C9H20O.3C8H18O2.CH4/c3*1-5-8(10)6-7-9(2,3)4;3*1-5-7(9)6-10-8(2,3)4;/h3*8,10H,5-7H2,1-4H3;3*7,9H,5-6H2,1-4H3;1H4/t2*8-;;2*7-;;/m10.10../s1. The summed E-state index contributed by atoms with van der Waals surface area (Å²) in [6.45, 7) is 50.9. The Morgan fingerprint density at radius 2 is 0.443 bits per heavy atom. The smallest absolute Gasteiger partial charge is 0.0771 e. The van der Waals surface area contributed by atoms with Crippen LogP contribution < -0.4 is 0 Å². The van der Waals surface area contributed by atoms with Gasteiger partial charge in [-0.05, 0) is 156 Å². The minimum absolute atomic E-state index is 0. The van der Waals surface area contributed by atoms with Gasteiger partial charge in [0.05, 0.1) is 73.2 Å². The van der Waals surface area contributed by atoms with Crippen molar-refractivity contribution in [3.05, 3.63) is 0 Å². The first-order valence-electron chi connectivity index (χ1n) is 23.7. The van der Waals surface area contributed by atoms with Crippen LogP contribution in [0.25, 0.3) is 0 Å². The molecule has 0 saturated carbocycles. The second-order valence-electron chi connectivity index (χ2n) is 22.9. The van der Waals surface area contributed by atoms with Gasteiger partial charge < -0.3 is 44.8 Å². The van der Waals surface area contributed by atoms with Crippen molar-refractivity contribution >= 4 is 0 Å². The molecule has 0 aromatic rings. The zero-order chi connectivity index (χ0) is 49.2. The molecule has 0 radical (unpaired) electrons. The monoisotopic (exact) mass is 887 g/mol. The van der Waals surface area contributed by atoms with E-state index in [1.54, 1.807) is 0 Å². The average molecular weight is 888 g/mol. The molecule has 6 N–H and O–H groups in total. The second kappa shape index (κ2) is 40.0. The van der Waals surface area contributed by atoms with E-state index in [4.69, 9.17) is 29.5 Å². The quantitative estimate of drug-likeness (QED) is 0.0791. The van der Waals surface area contributed by atoms with E-state index in [2.05, 4.69) is 62.3 Å². The summed E-state index contributed by atoms with van der Waals surface area (Å²) in [7, 11) is 0. The molecule has 0 aliphatic carbocycles. The number of aliphatic hydroxyl groups is 6. The molecule has 0 saturated heterocycles. The van der Waals surface area contributed by atoms with Crippen LogP contribution in [0.15, 0.2) is 0 Å². The lowest BCUT2D eigenvalue weighted by Crippen LogP contribution is -2.25. The van der Waals surface area contributed by atoms with Crippen LogP contribution >= 0.6 is 0 Å². The van der Waals surface area contributed by atoms with E-state index in [0.29, 0.717) is 36.1 Å². The first-order valence-corrected chi connectivity index (χ1v) is 23.7. The Bertz CT molecular complexity index is 682. The first-order chi connectivity index (χ1) is 26.7. The molecular formula is C52H118O9. The molecule has 0 amide bonds. The molecule has 0 aromatic carbocycles. The van der Waals surface area contributed by atoms with Gasteiger partial charge in [0, 0.05) is 0 Å². The predicted molar refractivity (Wildman–Crippen MR) is 268 cm³/mol. The summed E-state index contributed by atoms with van der Waals surface area (Å²) >= 11 is 0. The molecule has 0 bridgehead atoms.